The van der Waals surface area contributed by atoms with Gasteiger partial charge in [0.1, 0.15) is 0 Å². The van der Waals surface area contributed by atoms with E-state index in [0.717, 1.165) is 6.54 Å². The Hall–Kier alpha value is -1.10. The first-order valence-electron chi connectivity index (χ1n) is 6.89. The van der Waals surface area contributed by atoms with Gasteiger partial charge in [0.15, 0.2) is 0 Å². The highest BCUT2D eigenvalue weighted by Crippen LogP contribution is 2.21. The molecule has 1 amide bonds. The summed E-state index contributed by atoms with van der Waals surface area (Å²) < 4.78 is 0. The van der Waals surface area contributed by atoms with Crippen molar-refractivity contribution in [1.82, 2.24) is 10.2 Å². The molecule has 1 aliphatic rings. The zero-order valence-corrected chi connectivity index (χ0v) is 12.6. The van der Waals surface area contributed by atoms with Crippen LogP contribution in [0.5, 0.6) is 0 Å². The zero-order chi connectivity index (χ0) is 14.8. The fraction of sp³-hybridized carbons (Fsp3) is 0.857. The van der Waals surface area contributed by atoms with Crippen molar-refractivity contribution >= 4 is 11.9 Å². The molecule has 1 aliphatic heterocycles. The normalized spacial score (nSPS) is 25.4. The highest BCUT2D eigenvalue weighted by atomic mass is 16.4. The molecule has 2 N–H and O–H groups in total. The van der Waals surface area contributed by atoms with Crippen LogP contribution in [0.2, 0.25) is 0 Å². The minimum absolute atomic E-state index is 0.0211. The highest BCUT2D eigenvalue weighted by molar-refractivity contribution is 5.81. The van der Waals surface area contributed by atoms with Gasteiger partial charge < -0.3 is 10.4 Å². The third-order valence-electron chi connectivity index (χ3n) is 3.57. The van der Waals surface area contributed by atoms with Crippen LogP contribution in [0.25, 0.3) is 0 Å². The van der Waals surface area contributed by atoms with Crippen molar-refractivity contribution in [1.29, 1.82) is 0 Å². The summed E-state index contributed by atoms with van der Waals surface area (Å²) in [5, 5.41) is 12.2. The van der Waals surface area contributed by atoms with E-state index in [1.807, 2.05) is 34.6 Å². The Morgan fingerprint density at radius 2 is 1.84 bits per heavy atom. The summed E-state index contributed by atoms with van der Waals surface area (Å²) in [5.74, 6) is -1.20. The second-order valence-corrected chi connectivity index (χ2v) is 6.74. The van der Waals surface area contributed by atoms with Gasteiger partial charge >= 0.3 is 5.97 Å². The predicted molar refractivity (Wildman–Crippen MR) is 73.8 cm³/mol. The number of rotatable bonds is 3. The lowest BCUT2D eigenvalue weighted by molar-refractivity contribution is -0.145. The maximum absolute atomic E-state index is 12.0. The Kier molecular flexibility index (Phi) is 4.96. The van der Waals surface area contributed by atoms with Crippen molar-refractivity contribution < 1.29 is 14.7 Å². The standard InChI is InChI=1S/C14H26N2O3/c1-9(2)16-7-10(12(17)18)6-11(8-16)15-13(19)14(3,4)5/h9-11H,6-8H2,1-5H3,(H,15,19)(H,17,18). The fourth-order valence-electron chi connectivity index (χ4n) is 2.24. The summed E-state index contributed by atoms with van der Waals surface area (Å²) in [6, 6.07) is 0.208. The molecule has 2 atom stereocenters. The minimum Gasteiger partial charge on any atom is -0.481 e. The van der Waals surface area contributed by atoms with Gasteiger partial charge in [-0.15, -0.1) is 0 Å². The van der Waals surface area contributed by atoms with E-state index in [1.54, 1.807) is 0 Å². The molecule has 2 unspecified atom stereocenters. The Morgan fingerprint density at radius 3 is 2.26 bits per heavy atom. The molecule has 110 valence electrons. The molecule has 0 spiro atoms. The molecule has 0 aromatic heterocycles. The van der Waals surface area contributed by atoms with E-state index < -0.39 is 17.3 Å². The smallest absolute Gasteiger partial charge is 0.307 e. The van der Waals surface area contributed by atoms with Crippen molar-refractivity contribution in [3.05, 3.63) is 0 Å². The van der Waals surface area contributed by atoms with Crippen LogP contribution < -0.4 is 5.32 Å². The van der Waals surface area contributed by atoms with Crippen molar-refractivity contribution in [2.75, 3.05) is 13.1 Å². The first-order chi connectivity index (χ1) is 8.61. The molecule has 19 heavy (non-hydrogen) atoms. The molecule has 0 saturated carbocycles. The fourth-order valence-corrected chi connectivity index (χ4v) is 2.24. The van der Waals surface area contributed by atoms with Gasteiger partial charge in [-0.3, -0.25) is 14.5 Å². The second-order valence-electron chi connectivity index (χ2n) is 6.74. The second kappa shape index (κ2) is 5.90. The molecule has 5 nitrogen and oxygen atoms in total. The molecule has 1 heterocycles. The Labute approximate surface area is 115 Å². The maximum atomic E-state index is 12.0. The summed E-state index contributed by atoms with van der Waals surface area (Å²) in [6.07, 6.45) is 0.514. The van der Waals surface area contributed by atoms with Gasteiger partial charge in [0.05, 0.1) is 5.92 Å². The number of hydrogen-bond acceptors (Lipinski definition) is 3. The topological polar surface area (TPSA) is 69.6 Å². The SMILES string of the molecule is CC(C)N1CC(NC(=O)C(C)(C)C)CC(C(=O)O)C1. The number of nitrogens with zero attached hydrogens (tertiary/aromatic N) is 1. The lowest BCUT2D eigenvalue weighted by Crippen LogP contribution is -2.55. The minimum atomic E-state index is -0.777. The Bertz CT molecular complexity index is 347. The zero-order valence-electron chi connectivity index (χ0n) is 12.6. The lowest BCUT2D eigenvalue weighted by Gasteiger charge is -2.39. The van der Waals surface area contributed by atoms with Crippen LogP contribution in [0, 0.1) is 11.3 Å². The van der Waals surface area contributed by atoms with E-state index in [-0.39, 0.29) is 18.0 Å². The molecular weight excluding hydrogens is 244 g/mol. The monoisotopic (exact) mass is 270 g/mol. The number of carboxylic acids is 1. The number of amides is 1. The molecule has 0 radical (unpaired) electrons. The Balaban J connectivity index is 2.72. The van der Waals surface area contributed by atoms with Gasteiger partial charge in [0.25, 0.3) is 0 Å². The van der Waals surface area contributed by atoms with Crippen LogP contribution in [0.15, 0.2) is 0 Å². The van der Waals surface area contributed by atoms with Crippen LogP contribution >= 0.6 is 0 Å². The first kappa shape index (κ1) is 16.0. The predicted octanol–water partition coefficient (Wildman–Crippen LogP) is 1.33. The largest absolute Gasteiger partial charge is 0.481 e. The van der Waals surface area contributed by atoms with Crippen molar-refractivity contribution in [2.24, 2.45) is 11.3 Å². The molecule has 0 aliphatic carbocycles. The third-order valence-corrected chi connectivity index (χ3v) is 3.57. The van der Waals surface area contributed by atoms with Crippen molar-refractivity contribution in [2.45, 2.75) is 53.1 Å². The summed E-state index contributed by atoms with van der Waals surface area (Å²) in [7, 11) is 0. The van der Waals surface area contributed by atoms with E-state index in [1.165, 1.54) is 0 Å². The molecule has 1 saturated heterocycles. The van der Waals surface area contributed by atoms with Crippen LogP contribution in [-0.2, 0) is 9.59 Å². The molecule has 1 rings (SSSR count). The summed E-state index contributed by atoms with van der Waals surface area (Å²) in [6.45, 7) is 11.0. The average molecular weight is 270 g/mol. The first-order valence-corrected chi connectivity index (χ1v) is 6.89. The summed E-state index contributed by atoms with van der Waals surface area (Å²) in [4.78, 5) is 25.3. The van der Waals surface area contributed by atoms with E-state index in [4.69, 9.17) is 0 Å². The van der Waals surface area contributed by atoms with Gasteiger partial charge in [-0.05, 0) is 20.3 Å². The third kappa shape index (κ3) is 4.49. The number of carboxylic acid groups (broad SMARTS) is 1. The molecule has 0 aromatic rings. The summed E-state index contributed by atoms with van der Waals surface area (Å²) in [5.41, 5.74) is -0.446. The number of hydrogen-bond donors (Lipinski definition) is 2. The number of aliphatic carboxylic acids is 1. The molecule has 5 heteroatoms. The van der Waals surface area contributed by atoms with Crippen LogP contribution in [0.3, 0.4) is 0 Å². The van der Waals surface area contributed by atoms with Crippen LogP contribution in [-0.4, -0.2) is 47.1 Å². The number of likely N-dealkylation sites (tertiary alicyclic amines) is 1. The average Bonchev–Trinajstić information content (AvgIpc) is 2.27. The van der Waals surface area contributed by atoms with Gasteiger partial charge in [0, 0.05) is 30.6 Å². The number of nitrogens with one attached hydrogen (secondary N) is 1. The maximum Gasteiger partial charge on any atom is 0.307 e. The van der Waals surface area contributed by atoms with E-state index in [2.05, 4.69) is 10.2 Å². The van der Waals surface area contributed by atoms with Gasteiger partial charge in [0.2, 0.25) is 5.91 Å². The number of piperidine rings is 1. The van der Waals surface area contributed by atoms with Gasteiger partial charge in [-0.1, -0.05) is 20.8 Å². The van der Waals surface area contributed by atoms with Crippen molar-refractivity contribution in [3.63, 3.8) is 0 Å². The molecule has 1 fully saturated rings. The van der Waals surface area contributed by atoms with Crippen LogP contribution in [0.4, 0.5) is 0 Å². The number of carbonyl (C=O) groups is 2. The van der Waals surface area contributed by atoms with Gasteiger partial charge in [-0.2, -0.15) is 0 Å². The van der Waals surface area contributed by atoms with E-state index in [9.17, 15) is 14.7 Å². The van der Waals surface area contributed by atoms with Crippen LogP contribution in [0.1, 0.15) is 41.0 Å². The Morgan fingerprint density at radius 1 is 1.26 bits per heavy atom. The summed E-state index contributed by atoms with van der Waals surface area (Å²) >= 11 is 0. The molecule has 0 bridgehead atoms. The quantitative estimate of drug-likeness (QED) is 0.812. The highest BCUT2D eigenvalue weighted by Gasteiger charge is 2.34. The van der Waals surface area contributed by atoms with E-state index in [0.29, 0.717) is 13.0 Å². The van der Waals surface area contributed by atoms with Crippen molar-refractivity contribution in [3.8, 4) is 0 Å². The van der Waals surface area contributed by atoms with Gasteiger partial charge in [-0.25, -0.2) is 0 Å². The number of carbonyl (C=O) groups excluding carboxylic acids is 1. The molecule has 0 aromatic carbocycles. The molecular formula is C14H26N2O3. The van der Waals surface area contributed by atoms with E-state index >= 15 is 0 Å². The lowest BCUT2D eigenvalue weighted by atomic mass is 9.91.